The molecule has 0 aliphatic carbocycles. The lowest BCUT2D eigenvalue weighted by Gasteiger charge is -2.22. The molecule has 0 bridgehead atoms. The maximum Gasteiger partial charge on any atom is 0.408 e. The standard InChI is InChI=1S/C16H21FN2O5.C11H13FN2O3/c1-9-5-10(7-11(17)6-9)13(20)18-8-12(14(21)22)19-15(23)24-16(2,3)4;1-6-2-7(4-8(12)3-6)10(15)14-5-9(13)11(16)17/h5-7,12H,8H2,1-4H3,(H,18,20)(H,19,23)(H,21,22);2-4,9H,5,13H2,1H3,(H,14,15)(H,16,17)/t12-;9-/m11/s1. The van der Waals surface area contributed by atoms with E-state index in [1.165, 1.54) is 24.3 Å². The summed E-state index contributed by atoms with van der Waals surface area (Å²) in [6.45, 7) is 7.61. The van der Waals surface area contributed by atoms with Gasteiger partial charge >= 0.3 is 18.0 Å². The lowest BCUT2D eigenvalue weighted by Crippen LogP contribution is -2.49. The van der Waals surface area contributed by atoms with Crippen LogP contribution in [0.1, 0.15) is 52.6 Å². The average Bonchev–Trinajstić information content (AvgIpc) is 2.82. The molecule has 0 saturated carbocycles. The number of carbonyl (C=O) groups excluding carboxylic acids is 3. The smallest absolute Gasteiger partial charge is 0.408 e. The molecule has 0 fully saturated rings. The van der Waals surface area contributed by atoms with Gasteiger partial charge in [0.15, 0.2) is 0 Å². The molecule has 0 radical (unpaired) electrons. The molecule has 2 aromatic carbocycles. The first-order chi connectivity index (χ1) is 18.9. The lowest BCUT2D eigenvalue weighted by atomic mass is 10.1. The van der Waals surface area contributed by atoms with E-state index in [2.05, 4.69) is 16.0 Å². The number of hydrogen-bond donors (Lipinski definition) is 6. The zero-order valence-electron chi connectivity index (χ0n) is 23.2. The van der Waals surface area contributed by atoms with Crippen LogP contribution in [-0.4, -0.2) is 70.8 Å². The third-order valence-corrected chi connectivity index (χ3v) is 4.86. The number of amides is 3. The number of nitrogens with two attached hydrogens (primary N) is 1. The van der Waals surface area contributed by atoms with Crippen molar-refractivity contribution in [3.05, 3.63) is 70.3 Å². The summed E-state index contributed by atoms with van der Waals surface area (Å²) in [4.78, 5) is 56.7. The van der Waals surface area contributed by atoms with Gasteiger partial charge in [0, 0.05) is 24.2 Å². The highest BCUT2D eigenvalue weighted by molar-refractivity contribution is 5.95. The third-order valence-electron chi connectivity index (χ3n) is 4.86. The van der Waals surface area contributed by atoms with Gasteiger partial charge in [-0.1, -0.05) is 0 Å². The molecule has 2 aromatic rings. The molecule has 0 saturated heterocycles. The normalized spacial score (nSPS) is 12.1. The van der Waals surface area contributed by atoms with Crippen LogP contribution in [0, 0.1) is 25.5 Å². The quantitative estimate of drug-likeness (QED) is 0.257. The van der Waals surface area contributed by atoms with E-state index in [9.17, 15) is 32.8 Å². The molecule has 0 aromatic heterocycles. The van der Waals surface area contributed by atoms with Crippen molar-refractivity contribution in [2.24, 2.45) is 5.73 Å². The predicted octanol–water partition coefficient (Wildman–Crippen LogP) is 2.12. The first kappa shape index (κ1) is 34.4. The molecular formula is C27H34F2N4O8. The Morgan fingerprint density at radius 1 is 0.805 bits per heavy atom. The number of carboxylic acids is 2. The number of carbonyl (C=O) groups is 5. The van der Waals surface area contributed by atoms with Crippen LogP contribution < -0.4 is 21.7 Å². The van der Waals surface area contributed by atoms with Crippen LogP contribution in [0.2, 0.25) is 0 Å². The highest BCUT2D eigenvalue weighted by atomic mass is 19.1. The van der Waals surface area contributed by atoms with Crippen LogP contribution in [0.4, 0.5) is 13.6 Å². The molecule has 224 valence electrons. The Kier molecular flexibility index (Phi) is 12.8. The number of nitrogens with one attached hydrogen (secondary N) is 3. The Bertz CT molecular complexity index is 1240. The fourth-order valence-corrected chi connectivity index (χ4v) is 3.07. The van der Waals surface area contributed by atoms with E-state index in [0.717, 1.165) is 12.1 Å². The van der Waals surface area contributed by atoms with Gasteiger partial charge in [0.05, 0.1) is 0 Å². The van der Waals surface area contributed by atoms with Crippen LogP contribution in [0.5, 0.6) is 0 Å². The van der Waals surface area contributed by atoms with E-state index in [1.807, 2.05) is 0 Å². The Balaban J connectivity index is 0.000000435. The molecule has 41 heavy (non-hydrogen) atoms. The van der Waals surface area contributed by atoms with Gasteiger partial charge in [-0.15, -0.1) is 0 Å². The van der Waals surface area contributed by atoms with Gasteiger partial charge in [-0.05, 0) is 82.1 Å². The summed E-state index contributed by atoms with van der Waals surface area (Å²) >= 11 is 0. The Morgan fingerprint density at radius 2 is 1.24 bits per heavy atom. The number of hydrogen-bond acceptors (Lipinski definition) is 7. The van der Waals surface area contributed by atoms with E-state index in [1.54, 1.807) is 34.6 Å². The lowest BCUT2D eigenvalue weighted by molar-refractivity contribution is -0.139. The van der Waals surface area contributed by atoms with E-state index < -0.39 is 59.2 Å². The third kappa shape index (κ3) is 13.4. The van der Waals surface area contributed by atoms with Crippen molar-refractivity contribution in [3.8, 4) is 0 Å². The van der Waals surface area contributed by atoms with Gasteiger partial charge in [0.25, 0.3) is 11.8 Å². The predicted molar refractivity (Wildman–Crippen MR) is 143 cm³/mol. The summed E-state index contributed by atoms with van der Waals surface area (Å²) in [5.41, 5.74) is 5.80. The van der Waals surface area contributed by atoms with Gasteiger partial charge in [0.2, 0.25) is 0 Å². The number of alkyl carbamates (subject to hydrolysis) is 1. The van der Waals surface area contributed by atoms with Gasteiger partial charge in [0.1, 0.15) is 29.3 Å². The number of halogens is 2. The summed E-state index contributed by atoms with van der Waals surface area (Å²) in [5, 5.41) is 24.5. The molecule has 7 N–H and O–H groups in total. The summed E-state index contributed by atoms with van der Waals surface area (Å²) in [6.07, 6.45) is -0.911. The summed E-state index contributed by atoms with van der Waals surface area (Å²) in [5.74, 6) is -4.82. The highest BCUT2D eigenvalue weighted by Gasteiger charge is 2.24. The number of benzene rings is 2. The topological polar surface area (TPSA) is 197 Å². The van der Waals surface area contributed by atoms with Crippen LogP contribution in [0.3, 0.4) is 0 Å². The summed E-state index contributed by atoms with van der Waals surface area (Å²) < 4.78 is 31.3. The minimum Gasteiger partial charge on any atom is -0.480 e. The molecule has 12 nitrogen and oxygen atoms in total. The zero-order chi connectivity index (χ0) is 31.5. The van der Waals surface area contributed by atoms with Crippen molar-refractivity contribution in [3.63, 3.8) is 0 Å². The monoisotopic (exact) mass is 580 g/mol. The van der Waals surface area contributed by atoms with E-state index in [0.29, 0.717) is 11.1 Å². The molecule has 2 rings (SSSR count). The minimum atomic E-state index is -1.38. The molecule has 2 atom stereocenters. The molecule has 0 unspecified atom stereocenters. The van der Waals surface area contributed by atoms with Gasteiger partial charge in [-0.25, -0.2) is 18.4 Å². The fourth-order valence-electron chi connectivity index (χ4n) is 3.07. The maximum absolute atomic E-state index is 13.3. The van der Waals surface area contributed by atoms with Crippen molar-refractivity contribution < 1.29 is 47.7 Å². The summed E-state index contributed by atoms with van der Waals surface area (Å²) in [7, 11) is 0. The molecule has 0 heterocycles. The van der Waals surface area contributed by atoms with Crippen molar-refractivity contribution >= 4 is 29.8 Å². The minimum absolute atomic E-state index is 0.0638. The SMILES string of the molecule is Cc1cc(F)cc(C(=O)NC[C@@H](N)C(=O)O)c1.Cc1cc(F)cc(C(=O)NC[C@@H](NC(=O)OC(C)(C)C)C(=O)O)c1. The number of rotatable bonds is 9. The molecule has 0 aliphatic heterocycles. The van der Waals surface area contributed by atoms with Crippen LogP contribution >= 0.6 is 0 Å². The highest BCUT2D eigenvalue weighted by Crippen LogP contribution is 2.10. The largest absolute Gasteiger partial charge is 0.480 e. The van der Waals surface area contributed by atoms with Gasteiger partial charge < -0.3 is 36.6 Å². The molecule has 0 aliphatic rings. The van der Waals surface area contributed by atoms with Crippen LogP contribution in [0.15, 0.2) is 36.4 Å². The second-order valence-electron chi connectivity index (χ2n) is 9.94. The van der Waals surface area contributed by atoms with Crippen molar-refractivity contribution in [2.45, 2.75) is 52.3 Å². The fraction of sp³-hybridized carbons (Fsp3) is 0.370. The molecule has 14 heteroatoms. The first-order valence-corrected chi connectivity index (χ1v) is 12.2. The zero-order valence-corrected chi connectivity index (χ0v) is 23.2. The van der Waals surface area contributed by atoms with Crippen molar-refractivity contribution in [2.75, 3.05) is 13.1 Å². The Hall–Kier alpha value is -4.59. The average molecular weight is 581 g/mol. The summed E-state index contributed by atoms with van der Waals surface area (Å²) in [6, 6.07) is 5.10. The first-order valence-electron chi connectivity index (χ1n) is 12.2. The van der Waals surface area contributed by atoms with E-state index in [4.69, 9.17) is 20.7 Å². The number of aryl methyl sites for hydroxylation is 2. The second kappa shape index (κ2) is 15.3. The number of aliphatic carboxylic acids is 2. The maximum atomic E-state index is 13.3. The molecular weight excluding hydrogens is 546 g/mol. The van der Waals surface area contributed by atoms with Gasteiger partial charge in [-0.2, -0.15) is 0 Å². The van der Waals surface area contributed by atoms with E-state index >= 15 is 0 Å². The second-order valence-corrected chi connectivity index (χ2v) is 9.94. The van der Waals surface area contributed by atoms with Crippen LogP contribution in [0.25, 0.3) is 0 Å². The Labute approximate surface area is 235 Å². The number of carboxylic acid groups (broad SMARTS) is 2. The van der Waals surface area contributed by atoms with Gasteiger partial charge in [-0.3, -0.25) is 14.4 Å². The van der Waals surface area contributed by atoms with E-state index in [-0.39, 0.29) is 24.2 Å². The number of ether oxygens (including phenoxy) is 1. The Morgan fingerprint density at radius 3 is 1.61 bits per heavy atom. The van der Waals surface area contributed by atoms with Crippen LogP contribution in [-0.2, 0) is 14.3 Å². The molecule has 0 spiro atoms. The van der Waals surface area contributed by atoms with Crippen molar-refractivity contribution in [1.82, 2.24) is 16.0 Å². The van der Waals surface area contributed by atoms with Crippen molar-refractivity contribution in [1.29, 1.82) is 0 Å². The molecule has 3 amide bonds.